The Bertz CT molecular complexity index is 552. The molecular formula is C14H11BrO3. The van der Waals surface area contributed by atoms with Crippen LogP contribution in [-0.2, 0) is 6.61 Å². The smallest absolute Gasteiger partial charge is 0.336 e. The molecule has 0 unspecified atom stereocenters. The molecule has 0 saturated heterocycles. The van der Waals surface area contributed by atoms with Crippen LogP contribution in [0.25, 0.3) is 0 Å². The Morgan fingerprint density at radius 2 is 1.89 bits per heavy atom. The summed E-state index contributed by atoms with van der Waals surface area (Å²) in [5.74, 6) is -0.194. The van der Waals surface area contributed by atoms with Crippen molar-refractivity contribution in [2.75, 3.05) is 0 Å². The largest absolute Gasteiger partial charge is 0.489 e. The minimum atomic E-state index is -0.955. The van der Waals surface area contributed by atoms with Gasteiger partial charge in [0, 0.05) is 4.47 Å². The number of rotatable bonds is 4. The van der Waals surface area contributed by atoms with Crippen LogP contribution >= 0.6 is 15.9 Å². The number of aromatic carboxylic acids is 1. The number of benzene rings is 2. The Kier molecular flexibility index (Phi) is 3.99. The van der Waals surface area contributed by atoms with Gasteiger partial charge in [-0.15, -0.1) is 0 Å². The average molecular weight is 307 g/mol. The summed E-state index contributed by atoms with van der Waals surface area (Å²) in [5, 5.41) is 9.00. The van der Waals surface area contributed by atoms with Gasteiger partial charge in [-0.1, -0.05) is 24.3 Å². The van der Waals surface area contributed by atoms with Crippen LogP contribution in [0.4, 0.5) is 0 Å². The van der Waals surface area contributed by atoms with Crippen molar-refractivity contribution in [3.63, 3.8) is 0 Å². The number of hydrogen-bond donors (Lipinski definition) is 1. The molecule has 4 heteroatoms. The maximum atomic E-state index is 11.0. The van der Waals surface area contributed by atoms with Crippen LogP contribution in [0.1, 0.15) is 15.9 Å². The Balaban J connectivity index is 2.11. The SMILES string of the molecule is O=C(O)c1cc(COc2ccccc2)ccc1Br. The van der Waals surface area contributed by atoms with Gasteiger partial charge in [0.25, 0.3) is 0 Å². The molecule has 0 saturated carbocycles. The molecule has 0 bridgehead atoms. The van der Waals surface area contributed by atoms with E-state index >= 15 is 0 Å². The average Bonchev–Trinajstić information content (AvgIpc) is 2.38. The third-order valence-electron chi connectivity index (χ3n) is 2.41. The van der Waals surface area contributed by atoms with Crippen molar-refractivity contribution in [2.45, 2.75) is 6.61 Å². The minimum Gasteiger partial charge on any atom is -0.489 e. The fourth-order valence-corrected chi connectivity index (χ4v) is 1.93. The Morgan fingerprint density at radius 3 is 2.56 bits per heavy atom. The van der Waals surface area contributed by atoms with Crippen molar-refractivity contribution in [3.8, 4) is 5.75 Å². The van der Waals surface area contributed by atoms with Gasteiger partial charge in [-0.3, -0.25) is 0 Å². The predicted octanol–water partition coefficient (Wildman–Crippen LogP) is 3.73. The van der Waals surface area contributed by atoms with Gasteiger partial charge in [0.2, 0.25) is 0 Å². The van der Waals surface area contributed by atoms with Crippen LogP contribution in [0.3, 0.4) is 0 Å². The van der Waals surface area contributed by atoms with Crippen LogP contribution in [-0.4, -0.2) is 11.1 Å². The maximum absolute atomic E-state index is 11.0. The lowest BCUT2D eigenvalue weighted by atomic mass is 10.1. The number of hydrogen-bond acceptors (Lipinski definition) is 2. The summed E-state index contributed by atoms with van der Waals surface area (Å²) in [6, 6.07) is 14.6. The van der Waals surface area contributed by atoms with Gasteiger partial charge in [0.15, 0.2) is 0 Å². The molecule has 18 heavy (non-hydrogen) atoms. The minimum absolute atomic E-state index is 0.240. The van der Waals surface area contributed by atoms with Crippen LogP contribution in [0, 0.1) is 0 Å². The van der Waals surface area contributed by atoms with Gasteiger partial charge in [-0.05, 0) is 45.8 Å². The monoisotopic (exact) mass is 306 g/mol. The summed E-state index contributed by atoms with van der Waals surface area (Å²) in [6.45, 7) is 0.345. The van der Waals surface area contributed by atoms with E-state index in [1.54, 1.807) is 12.1 Å². The van der Waals surface area contributed by atoms with Crippen molar-refractivity contribution in [1.82, 2.24) is 0 Å². The molecule has 92 valence electrons. The van der Waals surface area contributed by atoms with E-state index < -0.39 is 5.97 Å². The van der Waals surface area contributed by atoms with Crippen molar-refractivity contribution in [1.29, 1.82) is 0 Å². The lowest BCUT2D eigenvalue weighted by Gasteiger charge is -2.07. The van der Waals surface area contributed by atoms with Crippen LogP contribution in [0.5, 0.6) is 5.75 Å². The van der Waals surface area contributed by atoms with Crippen molar-refractivity contribution >= 4 is 21.9 Å². The van der Waals surface area contributed by atoms with Crippen LogP contribution in [0.15, 0.2) is 53.0 Å². The first kappa shape index (κ1) is 12.6. The maximum Gasteiger partial charge on any atom is 0.336 e. The van der Waals surface area contributed by atoms with E-state index in [9.17, 15) is 4.79 Å². The Hall–Kier alpha value is -1.81. The number of carbonyl (C=O) groups is 1. The van der Waals surface area contributed by atoms with E-state index in [1.165, 1.54) is 0 Å². The van der Waals surface area contributed by atoms with Gasteiger partial charge in [-0.2, -0.15) is 0 Å². The van der Waals surface area contributed by atoms with E-state index in [0.29, 0.717) is 11.1 Å². The van der Waals surface area contributed by atoms with Gasteiger partial charge < -0.3 is 9.84 Å². The second-order valence-corrected chi connectivity index (χ2v) is 4.58. The molecule has 0 aliphatic heterocycles. The number of ether oxygens (including phenoxy) is 1. The fraction of sp³-hybridized carbons (Fsp3) is 0.0714. The lowest BCUT2D eigenvalue weighted by molar-refractivity contribution is 0.0695. The predicted molar refractivity (Wildman–Crippen MR) is 71.9 cm³/mol. The highest BCUT2D eigenvalue weighted by atomic mass is 79.9. The first-order valence-electron chi connectivity index (χ1n) is 5.36. The summed E-state index contributed by atoms with van der Waals surface area (Å²) < 4.78 is 6.13. The molecular weight excluding hydrogens is 296 g/mol. The van der Waals surface area contributed by atoms with Gasteiger partial charge in [-0.25, -0.2) is 4.79 Å². The van der Waals surface area contributed by atoms with E-state index in [2.05, 4.69) is 15.9 Å². The van der Waals surface area contributed by atoms with E-state index in [1.807, 2.05) is 36.4 Å². The molecule has 2 aromatic rings. The first-order chi connectivity index (χ1) is 8.66. The van der Waals surface area contributed by atoms with Crippen molar-refractivity contribution < 1.29 is 14.6 Å². The molecule has 1 N–H and O–H groups in total. The standard InChI is InChI=1S/C14H11BrO3/c15-13-7-6-10(8-12(13)14(16)17)9-18-11-4-2-1-3-5-11/h1-8H,9H2,(H,16,17). The van der Waals surface area contributed by atoms with Crippen molar-refractivity contribution in [2.24, 2.45) is 0 Å². The molecule has 0 aliphatic carbocycles. The molecule has 0 atom stereocenters. The molecule has 2 aromatic carbocycles. The van der Waals surface area contributed by atoms with E-state index in [-0.39, 0.29) is 5.56 Å². The molecule has 3 nitrogen and oxygen atoms in total. The molecule has 0 fully saturated rings. The van der Waals surface area contributed by atoms with Crippen LogP contribution in [0.2, 0.25) is 0 Å². The Morgan fingerprint density at radius 1 is 1.17 bits per heavy atom. The summed E-state index contributed by atoms with van der Waals surface area (Å²) in [7, 11) is 0. The van der Waals surface area contributed by atoms with Gasteiger partial charge in [0.1, 0.15) is 12.4 Å². The van der Waals surface area contributed by atoms with Gasteiger partial charge >= 0.3 is 5.97 Å². The molecule has 0 radical (unpaired) electrons. The zero-order chi connectivity index (χ0) is 13.0. The molecule has 0 spiro atoms. The quantitative estimate of drug-likeness (QED) is 0.936. The third-order valence-corrected chi connectivity index (χ3v) is 3.10. The highest BCUT2D eigenvalue weighted by Crippen LogP contribution is 2.19. The van der Waals surface area contributed by atoms with Gasteiger partial charge in [0.05, 0.1) is 5.56 Å². The third kappa shape index (κ3) is 3.11. The summed E-state index contributed by atoms with van der Waals surface area (Å²) >= 11 is 3.21. The molecule has 0 amide bonds. The second-order valence-electron chi connectivity index (χ2n) is 3.72. The summed E-state index contributed by atoms with van der Waals surface area (Å²) in [5.41, 5.74) is 1.06. The number of halogens is 1. The second kappa shape index (κ2) is 5.69. The molecule has 2 rings (SSSR count). The zero-order valence-corrected chi connectivity index (χ0v) is 11.1. The molecule has 0 aliphatic rings. The topological polar surface area (TPSA) is 46.5 Å². The zero-order valence-electron chi connectivity index (χ0n) is 9.47. The van der Waals surface area contributed by atoms with Crippen molar-refractivity contribution in [3.05, 3.63) is 64.1 Å². The number of carboxylic acids is 1. The van der Waals surface area contributed by atoms with E-state index in [0.717, 1.165) is 11.3 Å². The first-order valence-corrected chi connectivity index (χ1v) is 6.15. The van der Waals surface area contributed by atoms with E-state index in [4.69, 9.17) is 9.84 Å². The number of carboxylic acid groups (broad SMARTS) is 1. The number of para-hydroxylation sites is 1. The fourth-order valence-electron chi connectivity index (χ4n) is 1.51. The summed E-state index contributed by atoms with van der Waals surface area (Å²) in [6.07, 6.45) is 0. The highest BCUT2D eigenvalue weighted by molar-refractivity contribution is 9.10. The molecule has 0 aromatic heterocycles. The summed E-state index contributed by atoms with van der Waals surface area (Å²) in [4.78, 5) is 11.0. The Labute approximate surface area is 113 Å². The van der Waals surface area contributed by atoms with Crippen LogP contribution < -0.4 is 4.74 Å². The normalized spacial score (nSPS) is 10.1. The molecule has 0 heterocycles. The highest BCUT2D eigenvalue weighted by Gasteiger charge is 2.09. The lowest BCUT2D eigenvalue weighted by Crippen LogP contribution is -2.01.